The van der Waals surface area contributed by atoms with Crippen molar-refractivity contribution in [3.63, 3.8) is 0 Å². The number of aryl methyl sites for hydroxylation is 1. The Morgan fingerprint density at radius 2 is 1.86 bits per heavy atom. The summed E-state index contributed by atoms with van der Waals surface area (Å²) in [7, 11) is 1.54. The zero-order valence-electron chi connectivity index (χ0n) is 14.4. The van der Waals surface area contributed by atoms with Gasteiger partial charge in [0.05, 0.1) is 17.6 Å². The van der Waals surface area contributed by atoms with Crippen molar-refractivity contribution in [2.24, 2.45) is 7.05 Å². The first-order valence-electron chi connectivity index (χ1n) is 8.10. The van der Waals surface area contributed by atoms with Crippen molar-refractivity contribution in [3.8, 4) is 11.5 Å². The molecular weight excluding hydrogens is 380 g/mol. The number of aromatic nitrogens is 4. The van der Waals surface area contributed by atoms with E-state index in [4.69, 9.17) is 4.42 Å². The van der Waals surface area contributed by atoms with Gasteiger partial charge in [0.2, 0.25) is 5.89 Å². The molecule has 0 radical (unpaired) electrons. The lowest BCUT2D eigenvalue weighted by Gasteiger charge is -2.06. The summed E-state index contributed by atoms with van der Waals surface area (Å²) >= 11 is 0. The van der Waals surface area contributed by atoms with Gasteiger partial charge < -0.3 is 4.42 Å². The second-order valence-corrected chi connectivity index (χ2v) is 6.11. The van der Waals surface area contributed by atoms with Crippen molar-refractivity contribution in [2.45, 2.75) is 13.0 Å². The highest BCUT2D eigenvalue weighted by Crippen LogP contribution is 2.25. The van der Waals surface area contributed by atoms with Crippen molar-refractivity contribution in [2.75, 3.05) is 0 Å². The average molecular weight is 392 g/mol. The Labute approximate surface area is 154 Å². The first-order chi connectivity index (χ1) is 13.3. The van der Waals surface area contributed by atoms with Crippen LogP contribution >= 0.6 is 0 Å². The number of hydrogen-bond acceptors (Lipinski definition) is 4. The maximum atomic E-state index is 14.6. The Morgan fingerprint density at radius 1 is 1.07 bits per heavy atom. The van der Waals surface area contributed by atoms with Crippen LogP contribution in [0.4, 0.5) is 17.6 Å². The van der Waals surface area contributed by atoms with Crippen LogP contribution in [-0.4, -0.2) is 19.3 Å². The predicted octanol–water partition coefficient (Wildman–Crippen LogP) is 3.65. The predicted molar refractivity (Wildman–Crippen MR) is 90.9 cm³/mol. The Hall–Kier alpha value is -3.43. The maximum absolute atomic E-state index is 14.6. The summed E-state index contributed by atoms with van der Waals surface area (Å²) in [5.41, 5.74) is 0.680. The largest absolute Gasteiger partial charge is 0.415 e. The fourth-order valence-electron chi connectivity index (χ4n) is 2.95. The van der Waals surface area contributed by atoms with Crippen LogP contribution < -0.4 is 5.69 Å². The molecular formula is C18H12F4N4O2. The smallest absolute Gasteiger partial charge is 0.329 e. The zero-order valence-corrected chi connectivity index (χ0v) is 14.4. The van der Waals surface area contributed by atoms with E-state index in [9.17, 15) is 22.4 Å². The summed E-state index contributed by atoms with van der Waals surface area (Å²) in [4.78, 5) is 12.4. The normalized spacial score (nSPS) is 11.6. The van der Waals surface area contributed by atoms with Crippen LogP contribution in [0.5, 0.6) is 0 Å². The highest BCUT2D eigenvalue weighted by molar-refractivity contribution is 5.76. The number of hydrogen-bond donors (Lipinski definition) is 0. The van der Waals surface area contributed by atoms with Gasteiger partial charge in [-0.3, -0.25) is 9.13 Å². The molecule has 4 aromatic rings. The molecule has 0 aliphatic carbocycles. The summed E-state index contributed by atoms with van der Waals surface area (Å²) < 4.78 is 60.6. The minimum Gasteiger partial charge on any atom is -0.415 e. The molecule has 2 heterocycles. The van der Waals surface area contributed by atoms with E-state index in [-0.39, 0.29) is 23.6 Å². The molecule has 4 rings (SSSR count). The lowest BCUT2D eigenvalue weighted by Crippen LogP contribution is -2.23. The van der Waals surface area contributed by atoms with Crippen LogP contribution in [0.2, 0.25) is 0 Å². The van der Waals surface area contributed by atoms with Crippen molar-refractivity contribution < 1.29 is 22.0 Å². The highest BCUT2D eigenvalue weighted by Gasteiger charge is 2.18. The topological polar surface area (TPSA) is 65.8 Å². The summed E-state index contributed by atoms with van der Waals surface area (Å²) in [6.07, 6.45) is -2.93. The average Bonchev–Trinajstić information content (AvgIpc) is 3.23. The maximum Gasteiger partial charge on any atom is 0.329 e. The van der Waals surface area contributed by atoms with E-state index in [0.29, 0.717) is 11.0 Å². The van der Waals surface area contributed by atoms with Gasteiger partial charge in [0, 0.05) is 18.2 Å². The summed E-state index contributed by atoms with van der Waals surface area (Å²) in [5, 5.41) is 6.66. The van der Waals surface area contributed by atoms with E-state index in [0.717, 1.165) is 6.07 Å². The molecule has 0 aliphatic heterocycles. The Balaban J connectivity index is 1.71. The minimum atomic E-state index is -2.93. The molecule has 0 saturated carbocycles. The van der Waals surface area contributed by atoms with Gasteiger partial charge in [-0.15, -0.1) is 10.2 Å². The number of fused-ring (bicyclic) bond motifs is 1. The van der Waals surface area contributed by atoms with Gasteiger partial charge in [-0.1, -0.05) is 6.07 Å². The number of imidazole rings is 1. The third-order valence-corrected chi connectivity index (χ3v) is 4.36. The van der Waals surface area contributed by atoms with Gasteiger partial charge in [0.15, 0.2) is 0 Å². The first-order valence-corrected chi connectivity index (χ1v) is 8.10. The molecule has 0 bridgehead atoms. The van der Waals surface area contributed by atoms with Crippen molar-refractivity contribution in [1.29, 1.82) is 0 Å². The standard InChI is InChI=1S/C18H12F4N4O2/c1-25-13-5-4-11(19)7-14(13)26(18(25)27)8-10-3-2-9(6-12(10)20)16-23-24-17(28-16)15(21)22/h2-7,15H,8H2,1H3. The van der Waals surface area contributed by atoms with Crippen LogP contribution in [0.15, 0.2) is 45.6 Å². The lowest BCUT2D eigenvalue weighted by atomic mass is 10.1. The van der Waals surface area contributed by atoms with Crippen LogP contribution in [0, 0.1) is 11.6 Å². The van der Waals surface area contributed by atoms with Crippen LogP contribution in [-0.2, 0) is 13.6 Å². The molecule has 0 aliphatic rings. The van der Waals surface area contributed by atoms with Gasteiger partial charge in [0.1, 0.15) is 11.6 Å². The molecule has 0 fully saturated rings. The van der Waals surface area contributed by atoms with Gasteiger partial charge in [-0.25, -0.2) is 13.6 Å². The zero-order chi connectivity index (χ0) is 20.0. The molecule has 0 spiro atoms. The number of alkyl halides is 2. The molecule has 0 unspecified atom stereocenters. The Morgan fingerprint density at radius 3 is 2.54 bits per heavy atom. The summed E-state index contributed by atoms with van der Waals surface area (Å²) in [6.45, 7) is -0.141. The van der Waals surface area contributed by atoms with Crippen molar-refractivity contribution in [3.05, 3.63) is 70.0 Å². The van der Waals surface area contributed by atoms with Gasteiger partial charge >= 0.3 is 12.1 Å². The number of rotatable bonds is 4. The molecule has 10 heteroatoms. The molecule has 144 valence electrons. The van der Waals surface area contributed by atoms with E-state index in [1.54, 1.807) is 0 Å². The van der Waals surface area contributed by atoms with Crippen LogP contribution in [0.3, 0.4) is 0 Å². The van der Waals surface area contributed by atoms with E-state index >= 15 is 0 Å². The van der Waals surface area contributed by atoms with Crippen molar-refractivity contribution in [1.82, 2.24) is 19.3 Å². The quantitative estimate of drug-likeness (QED) is 0.498. The second-order valence-electron chi connectivity index (χ2n) is 6.11. The third kappa shape index (κ3) is 2.96. The van der Waals surface area contributed by atoms with E-state index in [1.165, 1.54) is 46.5 Å². The summed E-state index contributed by atoms with van der Waals surface area (Å²) in [6, 6.07) is 7.75. The van der Waals surface area contributed by atoms with E-state index < -0.39 is 29.6 Å². The van der Waals surface area contributed by atoms with Crippen LogP contribution in [0.1, 0.15) is 17.9 Å². The SMILES string of the molecule is Cn1c(=O)n(Cc2ccc(-c3nnc(C(F)F)o3)cc2F)c2cc(F)ccc21. The second kappa shape index (κ2) is 6.63. The Kier molecular flexibility index (Phi) is 4.25. The Bertz CT molecular complexity index is 1240. The van der Waals surface area contributed by atoms with Gasteiger partial charge in [0.25, 0.3) is 5.89 Å². The number of nitrogens with zero attached hydrogens (tertiary/aromatic N) is 4. The molecule has 0 amide bonds. The molecule has 0 saturated heterocycles. The first kappa shape index (κ1) is 18.0. The lowest BCUT2D eigenvalue weighted by molar-refractivity contribution is 0.116. The molecule has 2 aromatic heterocycles. The fraction of sp³-hybridized carbons (Fsp3) is 0.167. The van der Waals surface area contributed by atoms with Crippen molar-refractivity contribution >= 4 is 11.0 Å². The highest BCUT2D eigenvalue weighted by atomic mass is 19.3. The fourth-order valence-corrected chi connectivity index (χ4v) is 2.95. The molecule has 28 heavy (non-hydrogen) atoms. The third-order valence-electron chi connectivity index (χ3n) is 4.36. The number of halogens is 4. The van der Waals surface area contributed by atoms with Gasteiger partial charge in [-0.2, -0.15) is 8.78 Å². The van der Waals surface area contributed by atoms with E-state index in [1.807, 2.05) is 0 Å². The number of benzene rings is 2. The van der Waals surface area contributed by atoms with E-state index in [2.05, 4.69) is 10.2 Å². The molecule has 2 aromatic carbocycles. The monoisotopic (exact) mass is 392 g/mol. The van der Waals surface area contributed by atoms with Gasteiger partial charge in [-0.05, 0) is 30.3 Å². The molecule has 0 atom stereocenters. The molecule has 0 N–H and O–H groups in total. The molecule has 6 nitrogen and oxygen atoms in total. The van der Waals surface area contributed by atoms with Crippen LogP contribution in [0.25, 0.3) is 22.5 Å². The minimum absolute atomic E-state index is 0.122. The summed E-state index contributed by atoms with van der Waals surface area (Å²) in [5.74, 6) is -2.32.